The van der Waals surface area contributed by atoms with Gasteiger partial charge >= 0.3 is 0 Å². The number of hydrogen-bond donors (Lipinski definition) is 2. The number of ether oxygens (including phenoxy) is 1. The summed E-state index contributed by atoms with van der Waals surface area (Å²) in [6.07, 6.45) is 3.39. The highest BCUT2D eigenvalue weighted by molar-refractivity contribution is 6.00. The van der Waals surface area contributed by atoms with Crippen molar-refractivity contribution in [1.82, 2.24) is 14.8 Å². The molecule has 0 unspecified atom stereocenters. The van der Waals surface area contributed by atoms with Gasteiger partial charge in [-0.05, 0) is 20.8 Å². The minimum Gasteiger partial charge on any atom is -0.453 e. The van der Waals surface area contributed by atoms with E-state index in [0.29, 0.717) is 22.8 Å². The van der Waals surface area contributed by atoms with Crippen LogP contribution in [0.2, 0.25) is 0 Å². The monoisotopic (exact) mass is 275 g/mol. The second kappa shape index (κ2) is 5.60. The van der Waals surface area contributed by atoms with Crippen LogP contribution in [0.5, 0.6) is 11.5 Å². The Labute approximate surface area is 116 Å². The number of aryl methyl sites for hydroxylation is 3. The third-order valence-electron chi connectivity index (χ3n) is 2.82. The molecule has 0 saturated carbocycles. The largest absolute Gasteiger partial charge is 0.453 e. The van der Waals surface area contributed by atoms with Gasteiger partial charge in [0.05, 0.1) is 23.7 Å². The number of pyridine rings is 1. The van der Waals surface area contributed by atoms with Gasteiger partial charge in [0.15, 0.2) is 11.6 Å². The fraction of sp³-hybridized carbons (Fsp3) is 0.308. The zero-order valence-corrected chi connectivity index (χ0v) is 11.7. The van der Waals surface area contributed by atoms with Gasteiger partial charge < -0.3 is 15.7 Å². The molecular weight excluding hydrogens is 258 g/mol. The Balaban J connectivity index is 2.44. The molecule has 3 N–H and O–H groups in total. The van der Waals surface area contributed by atoms with E-state index in [2.05, 4.69) is 15.2 Å². The standard InChI is InChI=1S/C13H17N5O2/c1-4-18-7-10(6-15-18)20-11-5-8(2)16-9(3)12(11)13(14)17-19/h5-7,19H,4H2,1-3H3,(H2,14,17). The van der Waals surface area contributed by atoms with Crippen LogP contribution in [0.1, 0.15) is 23.9 Å². The van der Waals surface area contributed by atoms with Gasteiger partial charge in [-0.25, -0.2) is 0 Å². The summed E-state index contributed by atoms with van der Waals surface area (Å²) in [5, 5.41) is 16.0. The van der Waals surface area contributed by atoms with E-state index in [1.165, 1.54) is 0 Å². The average molecular weight is 275 g/mol. The van der Waals surface area contributed by atoms with E-state index in [1.807, 2.05) is 13.8 Å². The van der Waals surface area contributed by atoms with E-state index < -0.39 is 0 Å². The lowest BCUT2D eigenvalue weighted by molar-refractivity contribution is 0.318. The van der Waals surface area contributed by atoms with Crippen LogP contribution in [0.25, 0.3) is 0 Å². The van der Waals surface area contributed by atoms with Crippen LogP contribution in [0.4, 0.5) is 0 Å². The maximum Gasteiger partial charge on any atom is 0.175 e. The van der Waals surface area contributed by atoms with Crippen molar-refractivity contribution in [1.29, 1.82) is 0 Å². The van der Waals surface area contributed by atoms with Gasteiger partial charge in [0.1, 0.15) is 5.75 Å². The molecule has 0 radical (unpaired) electrons. The third kappa shape index (κ3) is 2.71. The smallest absolute Gasteiger partial charge is 0.175 e. The number of nitrogens with zero attached hydrogens (tertiary/aromatic N) is 4. The van der Waals surface area contributed by atoms with Gasteiger partial charge in [-0.15, -0.1) is 0 Å². The van der Waals surface area contributed by atoms with Crippen LogP contribution in [-0.4, -0.2) is 25.8 Å². The van der Waals surface area contributed by atoms with E-state index >= 15 is 0 Å². The molecule has 0 spiro atoms. The van der Waals surface area contributed by atoms with Crippen molar-refractivity contribution in [3.63, 3.8) is 0 Å². The van der Waals surface area contributed by atoms with Crippen molar-refractivity contribution < 1.29 is 9.94 Å². The molecule has 0 fully saturated rings. The Morgan fingerprint density at radius 1 is 1.50 bits per heavy atom. The molecule has 7 heteroatoms. The van der Waals surface area contributed by atoms with Crippen LogP contribution in [0, 0.1) is 13.8 Å². The number of hydrogen-bond acceptors (Lipinski definition) is 5. The Morgan fingerprint density at radius 3 is 2.85 bits per heavy atom. The topological polar surface area (TPSA) is 98.6 Å². The number of rotatable bonds is 4. The molecule has 0 aromatic carbocycles. The van der Waals surface area contributed by atoms with Crippen molar-refractivity contribution >= 4 is 5.84 Å². The maximum atomic E-state index is 8.88. The zero-order valence-electron chi connectivity index (χ0n) is 11.7. The minimum absolute atomic E-state index is 0.0344. The quantitative estimate of drug-likeness (QED) is 0.383. The molecule has 0 saturated heterocycles. The van der Waals surface area contributed by atoms with E-state index in [-0.39, 0.29) is 5.84 Å². The van der Waals surface area contributed by atoms with Gasteiger partial charge in [0, 0.05) is 18.3 Å². The van der Waals surface area contributed by atoms with E-state index in [4.69, 9.17) is 15.7 Å². The fourth-order valence-electron chi connectivity index (χ4n) is 1.93. The Kier molecular flexibility index (Phi) is 3.88. The summed E-state index contributed by atoms with van der Waals surface area (Å²) in [5.74, 6) is 1.04. The third-order valence-corrected chi connectivity index (χ3v) is 2.82. The van der Waals surface area contributed by atoms with Crippen molar-refractivity contribution in [3.8, 4) is 11.5 Å². The first kappa shape index (κ1) is 13.9. The number of amidine groups is 1. The molecule has 0 bridgehead atoms. The average Bonchev–Trinajstić information content (AvgIpc) is 2.85. The SMILES string of the molecule is CCn1cc(Oc2cc(C)nc(C)c2/C(N)=N/O)cn1. The summed E-state index contributed by atoms with van der Waals surface area (Å²) in [5.41, 5.74) is 7.59. The lowest BCUT2D eigenvalue weighted by Gasteiger charge is -2.12. The molecule has 2 heterocycles. The van der Waals surface area contributed by atoms with E-state index in [0.717, 1.165) is 12.2 Å². The second-order valence-electron chi connectivity index (χ2n) is 4.34. The normalized spacial score (nSPS) is 11.7. The molecule has 0 atom stereocenters. The van der Waals surface area contributed by atoms with Crippen LogP contribution in [-0.2, 0) is 6.54 Å². The van der Waals surface area contributed by atoms with Crippen molar-refractivity contribution in [2.75, 3.05) is 0 Å². The molecule has 0 aliphatic carbocycles. The summed E-state index contributed by atoms with van der Waals surface area (Å²) in [6.45, 7) is 6.37. The first-order valence-corrected chi connectivity index (χ1v) is 6.21. The molecule has 2 aromatic heterocycles. The molecule has 106 valence electrons. The molecule has 0 aliphatic rings. The maximum absolute atomic E-state index is 8.88. The molecule has 2 aromatic rings. The summed E-state index contributed by atoms with van der Waals surface area (Å²) >= 11 is 0. The predicted octanol–water partition coefficient (Wildman–Crippen LogP) is 1.80. The summed E-state index contributed by atoms with van der Waals surface area (Å²) in [4.78, 5) is 4.29. The Hall–Kier alpha value is -2.57. The highest BCUT2D eigenvalue weighted by Gasteiger charge is 2.15. The van der Waals surface area contributed by atoms with Gasteiger partial charge in [-0.1, -0.05) is 5.16 Å². The summed E-state index contributed by atoms with van der Waals surface area (Å²) < 4.78 is 7.53. The van der Waals surface area contributed by atoms with E-state index in [9.17, 15) is 0 Å². The van der Waals surface area contributed by atoms with E-state index in [1.54, 1.807) is 30.1 Å². The lowest BCUT2D eigenvalue weighted by atomic mass is 10.1. The van der Waals surface area contributed by atoms with Crippen molar-refractivity contribution in [2.45, 2.75) is 27.3 Å². The van der Waals surface area contributed by atoms with Gasteiger partial charge in [-0.2, -0.15) is 5.10 Å². The van der Waals surface area contributed by atoms with Crippen LogP contribution in [0.15, 0.2) is 23.6 Å². The van der Waals surface area contributed by atoms with Gasteiger partial charge in [0.2, 0.25) is 0 Å². The van der Waals surface area contributed by atoms with Gasteiger partial charge in [0.25, 0.3) is 0 Å². The molecular formula is C13H17N5O2. The highest BCUT2D eigenvalue weighted by atomic mass is 16.5. The molecule has 20 heavy (non-hydrogen) atoms. The second-order valence-corrected chi connectivity index (χ2v) is 4.34. The molecule has 2 rings (SSSR count). The number of aromatic nitrogens is 3. The predicted molar refractivity (Wildman–Crippen MR) is 74.2 cm³/mol. The van der Waals surface area contributed by atoms with Crippen LogP contribution in [0.3, 0.4) is 0 Å². The fourth-order valence-corrected chi connectivity index (χ4v) is 1.93. The Morgan fingerprint density at radius 2 is 2.25 bits per heavy atom. The molecule has 7 nitrogen and oxygen atoms in total. The number of nitrogens with two attached hydrogens (primary N) is 1. The highest BCUT2D eigenvalue weighted by Crippen LogP contribution is 2.27. The number of oxime groups is 1. The van der Waals surface area contributed by atoms with Gasteiger partial charge in [-0.3, -0.25) is 9.67 Å². The first-order valence-electron chi connectivity index (χ1n) is 6.21. The zero-order chi connectivity index (χ0) is 14.7. The molecule has 0 amide bonds. The molecule has 0 aliphatic heterocycles. The first-order chi connectivity index (χ1) is 9.55. The van der Waals surface area contributed by atoms with Crippen molar-refractivity contribution in [3.05, 3.63) is 35.4 Å². The van der Waals surface area contributed by atoms with Crippen LogP contribution < -0.4 is 10.5 Å². The van der Waals surface area contributed by atoms with Crippen molar-refractivity contribution in [2.24, 2.45) is 10.9 Å². The van der Waals surface area contributed by atoms with Crippen LogP contribution >= 0.6 is 0 Å². The minimum atomic E-state index is -0.0344. The lowest BCUT2D eigenvalue weighted by Crippen LogP contribution is -2.17. The summed E-state index contributed by atoms with van der Waals surface area (Å²) in [6, 6.07) is 1.74. The summed E-state index contributed by atoms with van der Waals surface area (Å²) in [7, 11) is 0. The Bertz CT molecular complexity index is 648.